The van der Waals surface area contributed by atoms with Gasteiger partial charge in [-0.25, -0.2) is 0 Å². The van der Waals surface area contributed by atoms with Crippen molar-refractivity contribution in [2.24, 2.45) is 5.73 Å². The number of rotatable bonds is 3. The Hall–Kier alpha value is -1.61. The summed E-state index contributed by atoms with van der Waals surface area (Å²) in [6.07, 6.45) is 0.515. The summed E-state index contributed by atoms with van der Waals surface area (Å²) in [5, 5.41) is 0. The Morgan fingerprint density at radius 3 is 2.50 bits per heavy atom. The molecule has 1 heterocycles. The second kappa shape index (κ2) is 4.49. The molecule has 2 N–H and O–H groups in total. The largest absolute Gasteiger partial charge is 0.461 e. The molecule has 0 aliphatic rings. The molecule has 0 saturated carbocycles. The lowest BCUT2D eigenvalue weighted by Crippen LogP contribution is -2.10. The highest BCUT2D eigenvalue weighted by atomic mass is 32.1. The molecule has 0 fully saturated rings. The zero-order chi connectivity index (χ0) is 11.5. The highest BCUT2D eigenvalue weighted by molar-refractivity contribution is 7.80. The van der Waals surface area contributed by atoms with E-state index in [1.807, 2.05) is 24.3 Å². The number of aryl methyl sites for hydroxylation is 1. The van der Waals surface area contributed by atoms with E-state index in [9.17, 15) is 0 Å². The Bertz CT molecular complexity index is 499. The van der Waals surface area contributed by atoms with Crippen LogP contribution in [0.4, 0.5) is 0 Å². The Balaban J connectivity index is 2.24. The summed E-state index contributed by atoms with van der Waals surface area (Å²) >= 11 is 4.84. The minimum absolute atomic E-state index is 0.449. The van der Waals surface area contributed by atoms with E-state index in [0.29, 0.717) is 11.4 Å². The van der Waals surface area contributed by atoms with E-state index in [-0.39, 0.29) is 0 Å². The van der Waals surface area contributed by atoms with Gasteiger partial charge in [0.05, 0.1) is 11.4 Å². The van der Waals surface area contributed by atoms with Crippen molar-refractivity contribution in [3.63, 3.8) is 0 Å². The monoisotopic (exact) mass is 231 g/mol. The van der Waals surface area contributed by atoms with Gasteiger partial charge in [0.2, 0.25) is 0 Å². The van der Waals surface area contributed by atoms with Gasteiger partial charge in [-0.05, 0) is 19.1 Å². The molecule has 1 aromatic heterocycles. The van der Waals surface area contributed by atoms with Crippen LogP contribution >= 0.6 is 12.2 Å². The first-order chi connectivity index (χ1) is 7.65. The number of hydrogen-bond donors (Lipinski definition) is 1. The van der Waals surface area contributed by atoms with Gasteiger partial charge >= 0.3 is 0 Å². The lowest BCUT2D eigenvalue weighted by Gasteiger charge is -1.98. The third-order valence-electron chi connectivity index (χ3n) is 2.35. The molecule has 16 heavy (non-hydrogen) atoms. The smallest absolute Gasteiger partial charge is 0.134 e. The van der Waals surface area contributed by atoms with Gasteiger partial charge in [0, 0.05) is 5.56 Å². The first-order valence-electron chi connectivity index (χ1n) is 5.09. The molecule has 2 aromatic rings. The molecular weight excluding hydrogens is 218 g/mol. The number of hydrogen-bond acceptors (Lipinski definition) is 2. The van der Waals surface area contributed by atoms with Gasteiger partial charge in [0.15, 0.2) is 0 Å². The first-order valence-corrected chi connectivity index (χ1v) is 5.50. The van der Waals surface area contributed by atoms with Crippen LogP contribution in [0.1, 0.15) is 11.3 Å². The van der Waals surface area contributed by atoms with Crippen molar-refractivity contribution in [3.8, 4) is 11.3 Å². The molecule has 0 saturated heterocycles. The first kappa shape index (κ1) is 10.9. The maximum absolute atomic E-state index is 5.65. The Morgan fingerprint density at radius 2 is 1.88 bits per heavy atom. The summed E-state index contributed by atoms with van der Waals surface area (Å²) < 4.78 is 5.65. The quantitative estimate of drug-likeness (QED) is 0.825. The summed E-state index contributed by atoms with van der Waals surface area (Å²) in [5.74, 6) is 1.66. The lowest BCUT2D eigenvalue weighted by molar-refractivity contribution is 0.540. The van der Waals surface area contributed by atoms with Crippen LogP contribution in [0, 0.1) is 6.92 Å². The van der Waals surface area contributed by atoms with Crippen LogP contribution in [-0.2, 0) is 6.42 Å². The van der Waals surface area contributed by atoms with Crippen LogP contribution in [0.2, 0.25) is 0 Å². The second-order valence-electron chi connectivity index (χ2n) is 3.78. The Kier molecular flexibility index (Phi) is 3.06. The predicted octanol–water partition coefficient (Wildman–Crippen LogP) is 3.08. The summed E-state index contributed by atoms with van der Waals surface area (Å²) in [5.41, 5.74) is 7.77. The van der Waals surface area contributed by atoms with Crippen molar-refractivity contribution in [2.75, 3.05) is 0 Å². The van der Waals surface area contributed by atoms with Crippen LogP contribution in [0.5, 0.6) is 0 Å². The fourth-order valence-electron chi connectivity index (χ4n) is 1.52. The molecule has 0 radical (unpaired) electrons. The molecular formula is C13H13NOS. The van der Waals surface area contributed by atoms with Crippen molar-refractivity contribution in [3.05, 3.63) is 47.7 Å². The third-order valence-corrected chi connectivity index (χ3v) is 2.49. The van der Waals surface area contributed by atoms with Crippen LogP contribution in [0.25, 0.3) is 11.3 Å². The summed E-state index contributed by atoms with van der Waals surface area (Å²) in [6, 6.07) is 12.1. The van der Waals surface area contributed by atoms with Crippen LogP contribution in [0.3, 0.4) is 0 Å². The third kappa shape index (κ3) is 2.49. The number of thiocarbonyl (C=S) groups is 1. The van der Waals surface area contributed by atoms with Gasteiger partial charge in [0.1, 0.15) is 11.5 Å². The van der Waals surface area contributed by atoms with E-state index in [1.165, 1.54) is 5.56 Å². The van der Waals surface area contributed by atoms with Gasteiger partial charge in [-0.1, -0.05) is 42.0 Å². The summed E-state index contributed by atoms with van der Waals surface area (Å²) in [6.45, 7) is 2.06. The fraction of sp³-hybridized carbons (Fsp3) is 0.154. The van der Waals surface area contributed by atoms with Crippen molar-refractivity contribution in [2.45, 2.75) is 13.3 Å². The lowest BCUT2D eigenvalue weighted by atomic mass is 10.1. The minimum Gasteiger partial charge on any atom is -0.461 e. The maximum Gasteiger partial charge on any atom is 0.134 e. The SMILES string of the molecule is Cc1ccc(-c2ccc(CC(N)=S)o2)cc1. The Morgan fingerprint density at radius 1 is 1.19 bits per heavy atom. The fourth-order valence-corrected chi connectivity index (χ4v) is 1.66. The van der Waals surface area contributed by atoms with Gasteiger partial charge in [0.25, 0.3) is 0 Å². The Labute approximate surface area is 100 Å². The van der Waals surface area contributed by atoms with E-state index >= 15 is 0 Å². The van der Waals surface area contributed by atoms with E-state index < -0.39 is 0 Å². The standard InChI is InChI=1S/C13H13NOS/c1-9-2-4-10(5-3-9)12-7-6-11(15-12)8-13(14)16/h2-7H,8H2,1H3,(H2,14,16). The van der Waals surface area contributed by atoms with Crippen molar-refractivity contribution < 1.29 is 4.42 Å². The molecule has 0 aliphatic carbocycles. The van der Waals surface area contributed by atoms with E-state index in [0.717, 1.165) is 17.1 Å². The average Bonchev–Trinajstić information content (AvgIpc) is 2.66. The normalized spacial score (nSPS) is 10.3. The molecule has 0 atom stereocenters. The number of benzene rings is 1. The molecule has 0 amide bonds. The molecule has 0 unspecified atom stereocenters. The van der Waals surface area contributed by atoms with Crippen molar-refractivity contribution >= 4 is 17.2 Å². The van der Waals surface area contributed by atoms with E-state index in [2.05, 4.69) is 19.1 Å². The van der Waals surface area contributed by atoms with Gasteiger partial charge < -0.3 is 10.2 Å². The van der Waals surface area contributed by atoms with Crippen molar-refractivity contribution in [1.82, 2.24) is 0 Å². The molecule has 2 rings (SSSR count). The molecule has 3 heteroatoms. The molecule has 2 nitrogen and oxygen atoms in total. The number of nitrogens with two attached hydrogens (primary N) is 1. The predicted molar refractivity (Wildman–Crippen MR) is 69.4 cm³/mol. The van der Waals surface area contributed by atoms with Gasteiger partial charge in [-0.3, -0.25) is 0 Å². The number of furan rings is 1. The highest BCUT2D eigenvalue weighted by Crippen LogP contribution is 2.22. The summed E-state index contributed by atoms with van der Waals surface area (Å²) in [7, 11) is 0. The van der Waals surface area contributed by atoms with E-state index in [1.54, 1.807) is 0 Å². The molecule has 0 aliphatic heterocycles. The van der Waals surface area contributed by atoms with Crippen molar-refractivity contribution in [1.29, 1.82) is 0 Å². The molecule has 82 valence electrons. The summed E-state index contributed by atoms with van der Waals surface area (Å²) in [4.78, 5) is 0.449. The van der Waals surface area contributed by atoms with Gasteiger partial charge in [-0.2, -0.15) is 0 Å². The zero-order valence-electron chi connectivity index (χ0n) is 9.07. The van der Waals surface area contributed by atoms with Crippen LogP contribution in [-0.4, -0.2) is 4.99 Å². The highest BCUT2D eigenvalue weighted by Gasteiger charge is 2.05. The zero-order valence-corrected chi connectivity index (χ0v) is 9.88. The average molecular weight is 231 g/mol. The molecule has 1 aromatic carbocycles. The maximum atomic E-state index is 5.65. The molecule has 0 bridgehead atoms. The van der Waals surface area contributed by atoms with Crippen LogP contribution in [0.15, 0.2) is 40.8 Å². The van der Waals surface area contributed by atoms with Gasteiger partial charge in [-0.15, -0.1) is 0 Å². The van der Waals surface area contributed by atoms with E-state index in [4.69, 9.17) is 22.4 Å². The molecule has 0 spiro atoms. The topological polar surface area (TPSA) is 39.2 Å². The van der Waals surface area contributed by atoms with Crippen LogP contribution < -0.4 is 5.73 Å². The second-order valence-corrected chi connectivity index (χ2v) is 4.30. The minimum atomic E-state index is 0.449.